The molecule has 0 bridgehead atoms. The van der Waals surface area contributed by atoms with Gasteiger partial charge in [0.1, 0.15) is 0 Å². The van der Waals surface area contributed by atoms with Crippen molar-refractivity contribution in [1.29, 1.82) is 0 Å². The van der Waals surface area contributed by atoms with Crippen LogP contribution in [0.15, 0.2) is 23.1 Å². The van der Waals surface area contributed by atoms with E-state index in [-0.39, 0.29) is 12.6 Å². The van der Waals surface area contributed by atoms with E-state index in [9.17, 15) is 8.42 Å². The Morgan fingerprint density at radius 3 is 2.76 bits per heavy atom. The van der Waals surface area contributed by atoms with Gasteiger partial charge in [-0.05, 0) is 43.9 Å². The Morgan fingerprint density at radius 1 is 1.43 bits per heavy atom. The van der Waals surface area contributed by atoms with Crippen molar-refractivity contribution in [1.82, 2.24) is 4.72 Å². The van der Waals surface area contributed by atoms with E-state index in [2.05, 4.69) is 16.6 Å². The highest BCUT2D eigenvalue weighted by atomic mass is 32.2. The Bertz CT molecular complexity index is 667. The van der Waals surface area contributed by atoms with Crippen LogP contribution < -0.4 is 10.5 Å². The number of hydrogen-bond donors (Lipinski definition) is 2. The third kappa shape index (κ3) is 4.57. The average molecular weight is 306 g/mol. The lowest BCUT2D eigenvalue weighted by Gasteiger charge is -2.15. The highest BCUT2D eigenvalue weighted by molar-refractivity contribution is 7.89. The number of aryl methyl sites for hydroxylation is 1. The molecule has 3 N–H and O–H groups in total. The molecule has 1 aromatic rings. The summed E-state index contributed by atoms with van der Waals surface area (Å²) in [5, 5.41) is 0. The second kappa shape index (κ2) is 6.61. The van der Waals surface area contributed by atoms with Crippen LogP contribution >= 0.6 is 0 Å². The van der Waals surface area contributed by atoms with Crippen LogP contribution in [0, 0.1) is 24.7 Å². The molecule has 1 aliphatic carbocycles. The first-order valence-corrected chi connectivity index (χ1v) is 8.72. The molecule has 0 heterocycles. The molecule has 1 saturated carbocycles. The normalized spacial score (nSPS) is 16.1. The predicted octanol–water partition coefficient (Wildman–Crippen LogP) is 1.77. The number of sulfonamides is 1. The van der Waals surface area contributed by atoms with Crippen molar-refractivity contribution in [2.75, 3.05) is 6.54 Å². The van der Waals surface area contributed by atoms with Crippen LogP contribution in [0.5, 0.6) is 0 Å². The van der Waals surface area contributed by atoms with Gasteiger partial charge in [0.25, 0.3) is 0 Å². The molecule has 21 heavy (non-hydrogen) atoms. The third-order valence-electron chi connectivity index (χ3n) is 3.55. The first-order valence-electron chi connectivity index (χ1n) is 7.24. The minimum absolute atomic E-state index is 0.0410. The maximum absolute atomic E-state index is 12.5. The van der Waals surface area contributed by atoms with Gasteiger partial charge >= 0.3 is 0 Å². The maximum Gasteiger partial charge on any atom is 0.241 e. The molecule has 0 spiro atoms. The number of nitrogens with one attached hydrogen (secondary N) is 1. The lowest BCUT2D eigenvalue weighted by molar-refractivity contribution is 0.529. The topological polar surface area (TPSA) is 72.2 Å². The second-order valence-electron chi connectivity index (χ2n) is 5.69. The zero-order chi connectivity index (χ0) is 15.5. The molecule has 0 saturated heterocycles. The fourth-order valence-corrected chi connectivity index (χ4v) is 3.88. The summed E-state index contributed by atoms with van der Waals surface area (Å²) < 4.78 is 27.8. The molecule has 0 radical (unpaired) electrons. The van der Waals surface area contributed by atoms with E-state index < -0.39 is 10.0 Å². The Hall–Kier alpha value is -1.35. The van der Waals surface area contributed by atoms with Crippen molar-refractivity contribution in [3.63, 3.8) is 0 Å². The zero-order valence-electron chi connectivity index (χ0n) is 12.5. The van der Waals surface area contributed by atoms with Crippen LogP contribution in [0.4, 0.5) is 0 Å². The molecule has 114 valence electrons. The molecule has 0 aromatic heterocycles. The van der Waals surface area contributed by atoms with Gasteiger partial charge in [-0.3, -0.25) is 0 Å². The third-order valence-corrected chi connectivity index (χ3v) is 5.28. The van der Waals surface area contributed by atoms with Crippen molar-refractivity contribution in [3.05, 3.63) is 29.3 Å². The standard InChI is InChI=1S/C16H22N2O2S/c1-12-5-6-14(4-3-9-17)11-16(12)21(19,20)18-13(2)10-15-7-8-15/h5-6,11,13,15,18H,7-10,17H2,1-2H3. The lowest BCUT2D eigenvalue weighted by atomic mass is 10.1. The molecule has 0 aliphatic heterocycles. The van der Waals surface area contributed by atoms with E-state index in [1.54, 1.807) is 19.1 Å². The van der Waals surface area contributed by atoms with Crippen LogP contribution in [-0.2, 0) is 10.0 Å². The number of rotatable bonds is 5. The van der Waals surface area contributed by atoms with Gasteiger partial charge in [0.2, 0.25) is 10.0 Å². The van der Waals surface area contributed by atoms with Crippen molar-refractivity contribution in [2.24, 2.45) is 11.7 Å². The van der Waals surface area contributed by atoms with Gasteiger partial charge in [-0.25, -0.2) is 13.1 Å². The summed E-state index contributed by atoms with van der Waals surface area (Å²) >= 11 is 0. The van der Waals surface area contributed by atoms with Gasteiger partial charge < -0.3 is 5.73 Å². The van der Waals surface area contributed by atoms with Gasteiger partial charge in [-0.2, -0.15) is 0 Å². The van der Waals surface area contributed by atoms with E-state index >= 15 is 0 Å². The largest absolute Gasteiger partial charge is 0.320 e. The van der Waals surface area contributed by atoms with E-state index in [0.717, 1.165) is 12.0 Å². The monoisotopic (exact) mass is 306 g/mol. The number of benzene rings is 1. The summed E-state index contributed by atoms with van der Waals surface area (Å²) in [6.45, 7) is 3.97. The number of hydrogen-bond acceptors (Lipinski definition) is 3. The Balaban J connectivity index is 2.21. The van der Waals surface area contributed by atoms with Crippen LogP contribution in [0.25, 0.3) is 0 Å². The Labute approximate surface area is 127 Å². The summed E-state index contributed by atoms with van der Waals surface area (Å²) in [6.07, 6.45) is 3.34. The Morgan fingerprint density at radius 2 is 2.14 bits per heavy atom. The highest BCUT2D eigenvalue weighted by Gasteiger charge is 2.26. The summed E-state index contributed by atoms with van der Waals surface area (Å²) in [5.74, 6) is 6.30. The quantitative estimate of drug-likeness (QED) is 0.814. The molecular weight excluding hydrogens is 284 g/mol. The molecule has 1 fully saturated rings. The van der Waals surface area contributed by atoms with Gasteiger partial charge in [0, 0.05) is 11.6 Å². The van der Waals surface area contributed by atoms with E-state index in [4.69, 9.17) is 5.73 Å². The van der Waals surface area contributed by atoms with E-state index in [1.807, 2.05) is 13.0 Å². The van der Waals surface area contributed by atoms with Gasteiger partial charge in [-0.1, -0.05) is 30.7 Å². The second-order valence-corrected chi connectivity index (χ2v) is 7.37. The van der Waals surface area contributed by atoms with Gasteiger partial charge in [0.15, 0.2) is 0 Å². The van der Waals surface area contributed by atoms with Crippen LogP contribution in [-0.4, -0.2) is 21.0 Å². The summed E-state index contributed by atoms with van der Waals surface area (Å²) in [7, 11) is -3.50. The zero-order valence-corrected chi connectivity index (χ0v) is 13.3. The first-order chi connectivity index (χ1) is 9.92. The van der Waals surface area contributed by atoms with Crippen molar-refractivity contribution in [3.8, 4) is 11.8 Å². The van der Waals surface area contributed by atoms with E-state index in [1.165, 1.54) is 12.8 Å². The fraction of sp³-hybridized carbons (Fsp3) is 0.500. The highest BCUT2D eigenvalue weighted by Crippen LogP contribution is 2.33. The molecule has 1 aliphatic rings. The molecule has 2 rings (SSSR count). The predicted molar refractivity (Wildman–Crippen MR) is 84.2 cm³/mol. The summed E-state index contributed by atoms with van der Waals surface area (Å²) in [5.41, 5.74) is 6.73. The van der Waals surface area contributed by atoms with E-state index in [0.29, 0.717) is 16.4 Å². The molecular formula is C16H22N2O2S. The maximum atomic E-state index is 12.5. The van der Waals surface area contributed by atoms with Crippen molar-refractivity contribution >= 4 is 10.0 Å². The molecule has 1 atom stereocenters. The van der Waals surface area contributed by atoms with Crippen LogP contribution in [0.1, 0.15) is 37.3 Å². The molecule has 0 amide bonds. The van der Waals surface area contributed by atoms with Crippen molar-refractivity contribution < 1.29 is 8.42 Å². The summed E-state index contributed by atoms with van der Waals surface area (Å²) in [4.78, 5) is 0.300. The molecule has 1 unspecified atom stereocenters. The number of nitrogens with two attached hydrogens (primary N) is 1. The minimum atomic E-state index is -3.50. The molecule has 1 aromatic carbocycles. The average Bonchev–Trinajstić information content (AvgIpc) is 3.20. The lowest BCUT2D eigenvalue weighted by Crippen LogP contribution is -2.33. The smallest absolute Gasteiger partial charge is 0.241 e. The van der Waals surface area contributed by atoms with Gasteiger partial charge in [0.05, 0.1) is 11.4 Å². The van der Waals surface area contributed by atoms with Crippen molar-refractivity contribution in [2.45, 2.75) is 44.0 Å². The minimum Gasteiger partial charge on any atom is -0.320 e. The molecule has 5 heteroatoms. The van der Waals surface area contributed by atoms with Crippen LogP contribution in [0.3, 0.4) is 0 Å². The fourth-order valence-electron chi connectivity index (χ4n) is 2.35. The first kappa shape index (κ1) is 16.0. The molecule has 4 nitrogen and oxygen atoms in total. The van der Waals surface area contributed by atoms with Gasteiger partial charge in [-0.15, -0.1) is 0 Å². The summed E-state index contributed by atoms with van der Waals surface area (Å²) in [6, 6.07) is 5.16. The van der Waals surface area contributed by atoms with Crippen LogP contribution in [0.2, 0.25) is 0 Å². The Kier molecular flexibility index (Phi) is 5.04. The SMILES string of the molecule is Cc1ccc(C#CCN)cc1S(=O)(=O)NC(C)CC1CC1.